The first-order valence-corrected chi connectivity index (χ1v) is 8.30. The molecule has 24 heavy (non-hydrogen) atoms. The van der Waals surface area contributed by atoms with Crippen LogP contribution in [0, 0.1) is 5.92 Å². The Morgan fingerprint density at radius 2 is 2.08 bits per heavy atom. The van der Waals surface area contributed by atoms with Crippen molar-refractivity contribution in [3.8, 4) is 0 Å². The summed E-state index contributed by atoms with van der Waals surface area (Å²) < 4.78 is 0. The summed E-state index contributed by atoms with van der Waals surface area (Å²) >= 11 is 6.15. The van der Waals surface area contributed by atoms with Gasteiger partial charge in [-0.25, -0.2) is 0 Å². The number of aliphatic carboxylic acids is 1. The highest BCUT2D eigenvalue weighted by Gasteiger charge is 2.32. The van der Waals surface area contributed by atoms with Crippen LogP contribution in [0.3, 0.4) is 0 Å². The Labute approximate surface area is 145 Å². The van der Waals surface area contributed by atoms with Crippen molar-refractivity contribution in [2.75, 3.05) is 11.9 Å². The zero-order valence-electron chi connectivity index (χ0n) is 13.7. The lowest BCUT2D eigenvalue weighted by Gasteiger charge is -2.24. The van der Waals surface area contributed by atoms with Gasteiger partial charge in [0.05, 0.1) is 17.0 Å². The first kappa shape index (κ1) is 18.3. The molecule has 1 aromatic rings. The zero-order chi connectivity index (χ0) is 17.9. The lowest BCUT2D eigenvalue weighted by atomic mass is 10.1. The van der Waals surface area contributed by atoms with E-state index in [0.29, 0.717) is 18.7 Å². The van der Waals surface area contributed by atoms with Gasteiger partial charge in [0.1, 0.15) is 0 Å². The molecule has 0 radical (unpaired) electrons. The van der Waals surface area contributed by atoms with Gasteiger partial charge in [0.25, 0.3) is 5.91 Å². The molecule has 2 amide bonds. The Balaban J connectivity index is 2.22. The monoisotopic (exact) mass is 352 g/mol. The molecule has 1 saturated heterocycles. The number of carboxylic acid groups (broad SMARTS) is 1. The third kappa shape index (κ3) is 4.26. The second-order valence-corrected chi connectivity index (χ2v) is 6.64. The fraction of sp³-hybridized carbons (Fsp3) is 0.471. The van der Waals surface area contributed by atoms with Crippen LogP contribution in [0.4, 0.5) is 5.69 Å². The molecule has 130 valence electrons. The summed E-state index contributed by atoms with van der Waals surface area (Å²) in [5.74, 6) is -1.56. The average molecular weight is 353 g/mol. The quantitative estimate of drug-likeness (QED) is 0.852. The second kappa shape index (κ2) is 7.66. The van der Waals surface area contributed by atoms with Crippen LogP contribution in [0.1, 0.15) is 43.5 Å². The largest absolute Gasteiger partial charge is 0.481 e. The molecule has 1 fully saturated rings. The van der Waals surface area contributed by atoms with E-state index in [9.17, 15) is 14.4 Å². The van der Waals surface area contributed by atoms with Gasteiger partial charge in [0.15, 0.2) is 0 Å². The van der Waals surface area contributed by atoms with Gasteiger partial charge < -0.3 is 15.3 Å². The highest BCUT2D eigenvalue weighted by molar-refractivity contribution is 6.34. The molecule has 1 atom stereocenters. The van der Waals surface area contributed by atoms with Crippen LogP contribution in [0.25, 0.3) is 0 Å². The molecule has 1 heterocycles. The van der Waals surface area contributed by atoms with E-state index in [2.05, 4.69) is 5.32 Å². The number of hydrogen-bond acceptors (Lipinski definition) is 3. The summed E-state index contributed by atoms with van der Waals surface area (Å²) in [6.07, 6.45) is 1.36. The van der Waals surface area contributed by atoms with Crippen LogP contribution in [0.2, 0.25) is 5.02 Å². The SMILES string of the molecule is CC(C)C(=O)Nc1ccc(Cl)c(C(=O)N2CCCC2CC(=O)O)c1. The molecule has 0 saturated carbocycles. The molecular weight excluding hydrogens is 332 g/mol. The van der Waals surface area contributed by atoms with Crippen molar-refractivity contribution in [1.82, 2.24) is 4.90 Å². The van der Waals surface area contributed by atoms with Crippen molar-refractivity contribution in [3.05, 3.63) is 28.8 Å². The summed E-state index contributed by atoms with van der Waals surface area (Å²) in [5.41, 5.74) is 0.769. The van der Waals surface area contributed by atoms with E-state index in [1.807, 2.05) is 0 Å². The summed E-state index contributed by atoms with van der Waals surface area (Å²) in [4.78, 5) is 37.1. The van der Waals surface area contributed by atoms with Gasteiger partial charge in [-0.1, -0.05) is 25.4 Å². The van der Waals surface area contributed by atoms with E-state index in [1.165, 1.54) is 0 Å². The van der Waals surface area contributed by atoms with Crippen molar-refractivity contribution < 1.29 is 19.5 Å². The van der Waals surface area contributed by atoms with Crippen LogP contribution >= 0.6 is 11.6 Å². The number of nitrogens with one attached hydrogen (secondary N) is 1. The normalized spacial score (nSPS) is 17.2. The molecule has 0 aliphatic carbocycles. The number of anilines is 1. The predicted octanol–water partition coefficient (Wildman–Crippen LogP) is 3.01. The maximum atomic E-state index is 12.8. The van der Waals surface area contributed by atoms with E-state index in [4.69, 9.17) is 16.7 Å². The molecule has 2 N–H and O–H groups in total. The van der Waals surface area contributed by atoms with E-state index >= 15 is 0 Å². The van der Waals surface area contributed by atoms with E-state index < -0.39 is 5.97 Å². The highest BCUT2D eigenvalue weighted by atomic mass is 35.5. The van der Waals surface area contributed by atoms with Crippen molar-refractivity contribution in [2.45, 2.75) is 39.2 Å². The molecule has 1 aromatic carbocycles. The summed E-state index contributed by atoms with van der Waals surface area (Å²) in [7, 11) is 0. The van der Waals surface area contributed by atoms with Crippen molar-refractivity contribution in [2.24, 2.45) is 5.92 Å². The topological polar surface area (TPSA) is 86.7 Å². The Kier molecular flexibility index (Phi) is 5.83. The number of carbonyl (C=O) groups is 3. The summed E-state index contributed by atoms with van der Waals surface area (Å²) in [6.45, 7) is 4.06. The Morgan fingerprint density at radius 1 is 1.38 bits per heavy atom. The van der Waals surface area contributed by atoms with Crippen LogP contribution < -0.4 is 5.32 Å². The van der Waals surface area contributed by atoms with Gasteiger partial charge in [0, 0.05) is 24.2 Å². The van der Waals surface area contributed by atoms with E-state index in [0.717, 1.165) is 6.42 Å². The lowest BCUT2D eigenvalue weighted by molar-refractivity contribution is -0.138. The molecule has 1 aliphatic rings. The third-order valence-corrected chi connectivity index (χ3v) is 4.37. The number of halogens is 1. The Bertz CT molecular complexity index is 660. The maximum absolute atomic E-state index is 12.8. The van der Waals surface area contributed by atoms with Gasteiger partial charge in [-0.3, -0.25) is 14.4 Å². The van der Waals surface area contributed by atoms with Crippen LogP contribution in [0.5, 0.6) is 0 Å². The molecule has 0 spiro atoms. The van der Waals surface area contributed by atoms with Crippen LogP contribution in [-0.4, -0.2) is 40.4 Å². The molecule has 0 bridgehead atoms. The summed E-state index contributed by atoms with van der Waals surface area (Å²) in [5, 5.41) is 12.0. The molecule has 2 rings (SSSR count). The van der Waals surface area contributed by atoms with Crippen LogP contribution in [0.15, 0.2) is 18.2 Å². The highest BCUT2D eigenvalue weighted by Crippen LogP contribution is 2.27. The molecule has 1 unspecified atom stereocenters. The number of amides is 2. The van der Waals surface area contributed by atoms with Gasteiger partial charge in [-0.2, -0.15) is 0 Å². The number of rotatable bonds is 5. The summed E-state index contributed by atoms with van der Waals surface area (Å²) in [6, 6.07) is 4.42. The number of nitrogens with zero attached hydrogens (tertiary/aromatic N) is 1. The van der Waals surface area contributed by atoms with E-state index in [-0.39, 0.29) is 40.8 Å². The lowest BCUT2D eigenvalue weighted by Crippen LogP contribution is -2.37. The fourth-order valence-electron chi connectivity index (χ4n) is 2.73. The number of likely N-dealkylation sites (tertiary alicyclic amines) is 1. The van der Waals surface area contributed by atoms with E-state index in [1.54, 1.807) is 36.9 Å². The van der Waals surface area contributed by atoms with Gasteiger partial charge in [-0.05, 0) is 31.0 Å². The standard InChI is InChI=1S/C17H21ClN2O4/c1-10(2)16(23)19-11-5-6-14(18)13(8-11)17(24)20-7-3-4-12(20)9-15(21)22/h5-6,8,10,12H,3-4,7,9H2,1-2H3,(H,19,23)(H,21,22). The molecular formula is C17H21ClN2O4. The Morgan fingerprint density at radius 3 is 2.71 bits per heavy atom. The van der Waals surface area contributed by atoms with Crippen molar-refractivity contribution >= 4 is 35.1 Å². The van der Waals surface area contributed by atoms with Crippen molar-refractivity contribution in [1.29, 1.82) is 0 Å². The van der Waals surface area contributed by atoms with Crippen molar-refractivity contribution in [3.63, 3.8) is 0 Å². The minimum Gasteiger partial charge on any atom is -0.481 e. The van der Waals surface area contributed by atoms with Gasteiger partial charge >= 0.3 is 5.97 Å². The smallest absolute Gasteiger partial charge is 0.305 e. The molecule has 1 aliphatic heterocycles. The fourth-order valence-corrected chi connectivity index (χ4v) is 2.92. The minimum atomic E-state index is -0.927. The maximum Gasteiger partial charge on any atom is 0.305 e. The third-order valence-electron chi connectivity index (χ3n) is 4.04. The zero-order valence-corrected chi connectivity index (χ0v) is 14.5. The predicted molar refractivity (Wildman–Crippen MR) is 91.2 cm³/mol. The molecule has 0 aromatic heterocycles. The first-order valence-electron chi connectivity index (χ1n) is 7.92. The number of carbonyl (C=O) groups excluding carboxylic acids is 2. The van der Waals surface area contributed by atoms with Gasteiger partial charge in [0.2, 0.25) is 5.91 Å². The van der Waals surface area contributed by atoms with Crippen LogP contribution in [-0.2, 0) is 9.59 Å². The first-order chi connectivity index (χ1) is 11.3. The molecule has 6 nitrogen and oxygen atoms in total. The second-order valence-electron chi connectivity index (χ2n) is 6.23. The Hall–Kier alpha value is -2.08. The van der Waals surface area contributed by atoms with Gasteiger partial charge in [-0.15, -0.1) is 0 Å². The number of carboxylic acids is 1. The number of benzene rings is 1. The molecule has 7 heteroatoms. The minimum absolute atomic E-state index is 0.0763. The number of hydrogen-bond donors (Lipinski definition) is 2. The average Bonchev–Trinajstić information content (AvgIpc) is 2.95.